The Balaban J connectivity index is 1.86. The number of aromatic nitrogens is 4. The summed E-state index contributed by atoms with van der Waals surface area (Å²) in [7, 11) is 1.66. The van der Waals surface area contributed by atoms with Crippen LogP contribution in [0.1, 0.15) is 24.1 Å². The molecule has 0 aliphatic carbocycles. The second-order valence-corrected chi connectivity index (χ2v) is 4.57. The number of oxazole rings is 1. The average molecular weight is 284 g/mol. The van der Waals surface area contributed by atoms with Crippen LogP contribution in [0.3, 0.4) is 0 Å². The van der Waals surface area contributed by atoms with Gasteiger partial charge < -0.3 is 9.15 Å². The van der Waals surface area contributed by atoms with Gasteiger partial charge in [0.1, 0.15) is 17.3 Å². The molecule has 2 aromatic heterocycles. The number of para-hydroxylation sites is 1. The molecule has 0 amide bonds. The fraction of sp³-hybridized carbons (Fsp3) is 0.267. The summed E-state index contributed by atoms with van der Waals surface area (Å²) in [5, 5.41) is 7.17. The molecule has 1 N–H and O–H groups in total. The van der Waals surface area contributed by atoms with Crippen molar-refractivity contribution in [3.05, 3.63) is 47.8 Å². The Morgan fingerprint density at radius 2 is 2.14 bits per heavy atom. The highest BCUT2D eigenvalue weighted by atomic mass is 16.5. The lowest BCUT2D eigenvalue weighted by molar-refractivity contribution is 0.410. The zero-order valence-corrected chi connectivity index (χ0v) is 12.0. The van der Waals surface area contributed by atoms with Crippen molar-refractivity contribution in [3.8, 4) is 17.3 Å². The van der Waals surface area contributed by atoms with E-state index in [0.29, 0.717) is 17.9 Å². The normalized spacial score (nSPS) is 10.8. The van der Waals surface area contributed by atoms with Gasteiger partial charge in [-0.25, -0.2) is 9.97 Å². The number of nitrogens with zero attached hydrogens (tertiary/aromatic N) is 3. The van der Waals surface area contributed by atoms with E-state index in [1.807, 2.05) is 31.2 Å². The summed E-state index contributed by atoms with van der Waals surface area (Å²) in [5.41, 5.74) is 1.75. The molecule has 108 valence electrons. The summed E-state index contributed by atoms with van der Waals surface area (Å²) < 4.78 is 10.7. The van der Waals surface area contributed by atoms with Crippen molar-refractivity contribution in [1.29, 1.82) is 0 Å². The van der Waals surface area contributed by atoms with Crippen LogP contribution in [0.5, 0.6) is 5.75 Å². The van der Waals surface area contributed by atoms with Gasteiger partial charge in [-0.1, -0.05) is 25.1 Å². The molecule has 6 nitrogen and oxygen atoms in total. The lowest BCUT2D eigenvalue weighted by atomic mass is 10.1. The highest BCUT2D eigenvalue weighted by Crippen LogP contribution is 2.22. The van der Waals surface area contributed by atoms with Crippen molar-refractivity contribution in [1.82, 2.24) is 20.2 Å². The van der Waals surface area contributed by atoms with Gasteiger partial charge in [0, 0.05) is 18.4 Å². The van der Waals surface area contributed by atoms with Crippen molar-refractivity contribution < 1.29 is 9.15 Å². The van der Waals surface area contributed by atoms with Crippen molar-refractivity contribution in [2.75, 3.05) is 7.11 Å². The minimum atomic E-state index is 0.561. The third kappa shape index (κ3) is 2.65. The van der Waals surface area contributed by atoms with Gasteiger partial charge >= 0.3 is 0 Å². The Kier molecular flexibility index (Phi) is 3.68. The standard InChI is InChI=1S/C15H16N4O2/c1-3-11-14(16-9-21-11)15-17-13(18-19-15)8-10-6-4-5-7-12(10)20-2/h4-7,9H,3,8H2,1-2H3,(H,17,18,19). The molecule has 0 bridgehead atoms. The molecule has 3 rings (SSSR count). The quantitative estimate of drug-likeness (QED) is 0.779. The monoisotopic (exact) mass is 284 g/mol. The van der Waals surface area contributed by atoms with Crippen LogP contribution in [0.4, 0.5) is 0 Å². The van der Waals surface area contributed by atoms with Crippen LogP contribution in [0.25, 0.3) is 11.5 Å². The maximum Gasteiger partial charge on any atom is 0.203 e. The summed E-state index contributed by atoms with van der Waals surface area (Å²) in [6.45, 7) is 2.01. The zero-order valence-electron chi connectivity index (χ0n) is 12.0. The van der Waals surface area contributed by atoms with Crippen LogP contribution in [0.15, 0.2) is 35.1 Å². The Hall–Kier alpha value is -2.63. The van der Waals surface area contributed by atoms with Gasteiger partial charge in [0.25, 0.3) is 0 Å². The van der Waals surface area contributed by atoms with E-state index in [0.717, 1.165) is 29.3 Å². The van der Waals surface area contributed by atoms with Crippen LogP contribution in [0, 0.1) is 0 Å². The summed E-state index contributed by atoms with van der Waals surface area (Å²) in [6, 6.07) is 7.85. The van der Waals surface area contributed by atoms with Gasteiger partial charge in [0.15, 0.2) is 12.1 Å². The van der Waals surface area contributed by atoms with Crippen LogP contribution >= 0.6 is 0 Å². The van der Waals surface area contributed by atoms with Crippen LogP contribution in [-0.2, 0) is 12.8 Å². The minimum Gasteiger partial charge on any atom is -0.496 e. The molecule has 1 aromatic carbocycles. The molecule has 0 aliphatic rings. The van der Waals surface area contributed by atoms with Crippen molar-refractivity contribution in [2.24, 2.45) is 0 Å². The maximum absolute atomic E-state index is 5.34. The highest BCUT2D eigenvalue weighted by molar-refractivity contribution is 5.51. The van der Waals surface area contributed by atoms with E-state index >= 15 is 0 Å². The molecule has 0 fully saturated rings. The van der Waals surface area contributed by atoms with Crippen LogP contribution < -0.4 is 4.74 Å². The molecular formula is C15H16N4O2. The molecule has 0 saturated carbocycles. The topological polar surface area (TPSA) is 76.8 Å². The van der Waals surface area contributed by atoms with Gasteiger partial charge in [-0.15, -0.1) is 0 Å². The van der Waals surface area contributed by atoms with Gasteiger partial charge in [-0.3, -0.25) is 5.10 Å². The third-order valence-electron chi connectivity index (χ3n) is 3.26. The number of hydrogen-bond donors (Lipinski definition) is 1. The smallest absolute Gasteiger partial charge is 0.203 e. The Morgan fingerprint density at radius 3 is 2.95 bits per heavy atom. The average Bonchev–Trinajstić information content (AvgIpc) is 3.16. The first-order valence-corrected chi connectivity index (χ1v) is 6.77. The van der Waals surface area contributed by atoms with Crippen molar-refractivity contribution in [3.63, 3.8) is 0 Å². The zero-order chi connectivity index (χ0) is 14.7. The predicted octanol–water partition coefficient (Wildman–Crippen LogP) is 2.62. The lowest BCUT2D eigenvalue weighted by Gasteiger charge is -2.05. The minimum absolute atomic E-state index is 0.561. The molecule has 0 spiro atoms. The summed E-state index contributed by atoms with van der Waals surface area (Å²) in [4.78, 5) is 8.66. The van der Waals surface area contributed by atoms with Crippen molar-refractivity contribution in [2.45, 2.75) is 19.8 Å². The van der Waals surface area contributed by atoms with E-state index in [1.165, 1.54) is 6.39 Å². The van der Waals surface area contributed by atoms with Gasteiger partial charge in [-0.05, 0) is 6.07 Å². The molecule has 0 radical (unpaired) electrons. The lowest BCUT2D eigenvalue weighted by Crippen LogP contribution is -1.95. The fourth-order valence-electron chi connectivity index (χ4n) is 2.21. The molecule has 6 heteroatoms. The van der Waals surface area contributed by atoms with Crippen LogP contribution in [0.2, 0.25) is 0 Å². The predicted molar refractivity (Wildman–Crippen MR) is 77.1 cm³/mol. The number of aryl methyl sites for hydroxylation is 1. The first kappa shape index (κ1) is 13.4. The van der Waals surface area contributed by atoms with E-state index in [4.69, 9.17) is 9.15 Å². The Morgan fingerprint density at radius 1 is 1.29 bits per heavy atom. The second-order valence-electron chi connectivity index (χ2n) is 4.57. The molecule has 3 aromatic rings. The first-order chi connectivity index (χ1) is 10.3. The van der Waals surface area contributed by atoms with Crippen molar-refractivity contribution >= 4 is 0 Å². The molecular weight excluding hydrogens is 268 g/mol. The maximum atomic E-state index is 5.34. The Labute approximate surface area is 122 Å². The number of hydrogen-bond acceptors (Lipinski definition) is 5. The SMILES string of the molecule is CCc1ocnc1-c1n[nH]c(Cc2ccccc2OC)n1. The molecule has 0 atom stereocenters. The Bertz CT molecular complexity index is 733. The van der Waals surface area contributed by atoms with Gasteiger partial charge in [-0.2, -0.15) is 5.10 Å². The number of ether oxygens (including phenoxy) is 1. The van der Waals surface area contributed by atoms with E-state index in [-0.39, 0.29) is 0 Å². The molecule has 21 heavy (non-hydrogen) atoms. The third-order valence-corrected chi connectivity index (χ3v) is 3.26. The number of aromatic amines is 1. The molecule has 2 heterocycles. The van der Waals surface area contributed by atoms with Gasteiger partial charge in [0.2, 0.25) is 5.82 Å². The largest absolute Gasteiger partial charge is 0.496 e. The highest BCUT2D eigenvalue weighted by Gasteiger charge is 2.15. The van der Waals surface area contributed by atoms with E-state index in [1.54, 1.807) is 7.11 Å². The van der Waals surface area contributed by atoms with Crippen LogP contribution in [-0.4, -0.2) is 27.3 Å². The number of benzene rings is 1. The second kappa shape index (κ2) is 5.78. The summed E-state index contributed by atoms with van der Waals surface area (Å²) in [5.74, 6) is 2.95. The van der Waals surface area contributed by atoms with E-state index < -0.39 is 0 Å². The van der Waals surface area contributed by atoms with E-state index in [2.05, 4.69) is 20.2 Å². The first-order valence-electron chi connectivity index (χ1n) is 6.77. The number of rotatable bonds is 5. The fourth-order valence-corrected chi connectivity index (χ4v) is 2.21. The number of H-pyrrole nitrogens is 1. The number of nitrogens with one attached hydrogen (secondary N) is 1. The molecule has 0 saturated heterocycles. The summed E-state index contributed by atoms with van der Waals surface area (Å²) in [6.07, 6.45) is 2.80. The van der Waals surface area contributed by atoms with E-state index in [9.17, 15) is 0 Å². The van der Waals surface area contributed by atoms with Gasteiger partial charge in [0.05, 0.1) is 7.11 Å². The molecule has 0 unspecified atom stereocenters. The number of methoxy groups -OCH3 is 1. The molecule has 0 aliphatic heterocycles. The summed E-state index contributed by atoms with van der Waals surface area (Å²) >= 11 is 0.